The first kappa shape index (κ1) is 19.6. The summed E-state index contributed by atoms with van der Waals surface area (Å²) < 4.78 is 16.3. The average Bonchev–Trinajstić information content (AvgIpc) is 3.00. The summed E-state index contributed by atoms with van der Waals surface area (Å²) in [5, 5.41) is 2.77. The summed E-state index contributed by atoms with van der Waals surface area (Å²) in [4.78, 5) is 29.7. The average molecular weight is 404 g/mol. The van der Waals surface area contributed by atoms with Crippen LogP contribution in [0.2, 0.25) is 0 Å². The van der Waals surface area contributed by atoms with Crippen molar-refractivity contribution in [3.8, 4) is 0 Å². The van der Waals surface area contributed by atoms with Crippen LogP contribution in [0.5, 0.6) is 0 Å². The number of amides is 1. The van der Waals surface area contributed by atoms with E-state index in [0.29, 0.717) is 17.8 Å². The molecule has 2 heterocycles. The van der Waals surface area contributed by atoms with Crippen LogP contribution in [-0.2, 0) is 13.1 Å². The molecule has 0 aliphatic heterocycles. The molecule has 2 aromatic heterocycles. The summed E-state index contributed by atoms with van der Waals surface area (Å²) >= 11 is 0. The minimum atomic E-state index is -0.398. The van der Waals surface area contributed by atoms with Gasteiger partial charge in [-0.1, -0.05) is 29.8 Å². The van der Waals surface area contributed by atoms with Crippen molar-refractivity contribution in [2.75, 3.05) is 6.54 Å². The standard InChI is InChI=1S/C23H21FN4O2/c1-16-4-2-5-17(14-16)15-28-20-6-3-11-25-21(20)27(23(28)30)13-12-26-22(29)18-7-9-19(24)10-8-18/h2-11,14H,12-13,15H2,1H3,(H,26,29). The number of rotatable bonds is 6. The van der Waals surface area contributed by atoms with Gasteiger partial charge in [0.25, 0.3) is 5.91 Å². The van der Waals surface area contributed by atoms with Crippen molar-refractivity contribution < 1.29 is 9.18 Å². The first-order chi connectivity index (χ1) is 14.5. The minimum Gasteiger partial charge on any atom is -0.350 e. The van der Waals surface area contributed by atoms with Gasteiger partial charge >= 0.3 is 5.69 Å². The van der Waals surface area contributed by atoms with Crippen molar-refractivity contribution in [3.05, 3.63) is 99.9 Å². The Labute approximate surface area is 172 Å². The zero-order chi connectivity index (χ0) is 21.1. The fourth-order valence-electron chi connectivity index (χ4n) is 3.48. The second-order valence-corrected chi connectivity index (χ2v) is 7.12. The number of hydrogen-bond donors (Lipinski definition) is 1. The summed E-state index contributed by atoms with van der Waals surface area (Å²) in [6, 6.07) is 17.0. The second-order valence-electron chi connectivity index (χ2n) is 7.12. The maximum Gasteiger partial charge on any atom is 0.330 e. The van der Waals surface area contributed by atoms with Crippen LogP contribution in [0.1, 0.15) is 21.5 Å². The zero-order valence-electron chi connectivity index (χ0n) is 16.5. The lowest BCUT2D eigenvalue weighted by Crippen LogP contribution is -2.32. The highest BCUT2D eigenvalue weighted by atomic mass is 19.1. The molecule has 0 aliphatic rings. The lowest BCUT2D eigenvalue weighted by Gasteiger charge is -2.06. The molecule has 1 amide bonds. The number of halogens is 1. The molecule has 0 saturated carbocycles. The molecule has 0 bridgehead atoms. The van der Waals surface area contributed by atoms with Crippen LogP contribution < -0.4 is 11.0 Å². The minimum absolute atomic E-state index is 0.179. The largest absolute Gasteiger partial charge is 0.350 e. The first-order valence-corrected chi connectivity index (χ1v) is 9.66. The Morgan fingerprint density at radius 1 is 1.07 bits per heavy atom. The molecular formula is C23H21FN4O2. The molecule has 1 N–H and O–H groups in total. The van der Waals surface area contributed by atoms with E-state index in [4.69, 9.17) is 0 Å². The second kappa shape index (κ2) is 8.32. The molecule has 152 valence electrons. The quantitative estimate of drug-likeness (QED) is 0.537. The number of carbonyl (C=O) groups is 1. The Morgan fingerprint density at radius 3 is 2.63 bits per heavy atom. The molecule has 0 saturated heterocycles. The van der Waals surface area contributed by atoms with E-state index in [2.05, 4.69) is 16.4 Å². The SMILES string of the molecule is Cc1cccc(Cn2c(=O)n(CCNC(=O)c3ccc(F)cc3)c3ncccc32)c1. The topological polar surface area (TPSA) is 68.9 Å². The van der Waals surface area contributed by atoms with Crippen molar-refractivity contribution in [2.45, 2.75) is 20.0 Å². The Bertz CT molecular complexity index is 1260. The van der Waals surface area contributed by atoms with Crippen LogP contribution >= 0.6 is 0 Å². The number of hydrogen-bond acceptors (Lipinski definition) is 3. The van der Waals surface area contributed by atoms with E-state index in [-0.39, 0.29) is 24.7 Å². The number of nitrogens with zero attached hydrogens (tertiary/aromatic N) is 3. The van der Waals surface area contributed by atoms with Crippen molar-refractivity contribution in [3.63, 3.8) is 0 Å². The van der Waals surface area contributed by atoms with Crippen molar-refractivity contribution in [1.82, 2.24) is 19.4 Å². The molecular weight excluding hydrogens is 383 g/mol. The molecule has 0 unspecified atom stereocenters. The highest BCUT2D eigenvalue weighted by Gasteiger charge is 2.15. The van der Waals surface area contributed by atoms with Gasteiger partial charge in [0.1, 0.15) is 5.82 Å². The van der Waals surface area contributed by atoms with Gasteiger partial charge in [0, 0.05) is 24.8 Å². The number of carbonyl (C=O) groups excluding carboxylic acids is 1. The number of aromatic nitrogens is 3. The molecule has 0 fully saturated rings. The highest BCUT2D eigenvalue weighted by molar-refractivity contribution is 5.94. The molecule has 6 nitrogen and oxygen atoms in total. The third kappa shape index (κ3) is 4.00. The first-order valence-electron chi connectivity index (χ1n) is 9.66. The molecule has 7 heteroatoms. The van der Waals surface area contributed by atoms with Gasteiger partial charge in [0.2, 0.25) is 0 Å². The van der Waals surface area contributed by atoms with E-state index in [1.807, 2.05) is 31.2 Å². The maximum atomic E-state index is 13.1. The summed E-state index contributed by atoms with van der Waals surface area (Å²) in [5.41, 5.74) is 3.67. The van der Waals surface area contributed by atoms with Gasteiger partial charge in [0.05, 0.1) is 12.1 Å². The number of imidazole rings is 1. The number of nitrogens with one attached hydrogen (secondary N) is 1. The van der Waals surface area contributed by atoms with Crippen LogP contribution in [0.3, 0.4) is 0 Å². The van der Waals surface area contributed by atoms with Gasteiger partial charge in [-0.05, 0) is 48.9 Å². The number of pyridine rings is 1. The lowest BCUT2D eigenvalue weighted by molar-refractivity contribution is 0.0952. The summed E-state index contributed by atoms with van der Waals surface area (Å²) in [7, 11) is 0. The predicted octanol–water partition coefficient (Wildman–Crippen LogP) is 3.12. The fourth-order valence-corrected chi connectivity index (χ4v) is 3.48. The van der Waals surface area contributed by atoms with E-state index in [1.165, 1.54) is 24.3 Å². The van der Waals surface area contributed by atoms with E-state index in [0.717, 1.165) is 16.6 Å². The molecule has 30 heavy (non-hydrogen) atoms. The number of aryl methyl sites for hydroxylation is 1. The smallest absolute Gasteiger partial charge is 0.330 e. The summed E-state index contributed by atoms with van der Waals surface area (Å²) in [5.74, 6) is -0.717. The molecule has 0 atom stereocenters. The van der Waals surface area contributed by atoms with E-state index >= 15 is 0 Å². The van der Waals surface area contributed by atoms with Crippen LogP contribution in [0, 0.1) is 12.7 Å². The normalized spacial score (nSPS) is 11.0. The zero-order valence-corrected chi connectivity index (χ0v) is 16.5. The van der Waals surface area contributed by atoms with Gasteiger partial charge in [-0.2, -0.15) is 0 Å². The van der Waals surface area contributed by atoms with Crippen molar-refractivity contribution >= 4 is 17.1 Å². The van der Waals surface area contributed by atoms with Gasteiger partial charge in [-0.15, -0.1) is 0 Å². The van der Waals surface area contributed by atoms with Crippen LogP contribution in [0.15, 0.2) is 71.7 Å². The highest BCUT2D eigenvalue weighted by Crippen LogP contribution is 2.13. The molecule has 0 radical (unpaired) electrons. The Balaban J connectivity index is 1.55. The predicted molar refractivity (Wildman–Crippen MR) is 113 cm³/mol. The molecule has 2 aromatic carbocycles. The van der Waals surface area contributed by atoms with Crippen LogP contribution in [0.4, 0.5) is 4.39 Å². The number of benzene rings is 2. The Kier molecular flexibility index (Phi) is 5.43. The van der Waals surface area contributed by atoms with Crippen LogP contribution in [0.25, 0.3) is 11.2 Å². The van der Waals surface area contributed by atoms with E-state index in [9.17, 15) is 14.0 Å². The fraction of sp³-hybridized carbons (Fsp3) is 0.174. The van der Waals surface area contributed by atoms with Gasteiger partial charge < -0.3 is 5.32 Å². The third-order valence-electron chi connectivity index (χ3n) is 4.92. The summed E-state index contributed by atoms with van der Waals surface area (Å²) in [6.07, 6.45) is 1.65. The molecule has 4 aromatic rings. The van der Waals surface area contributed by atoms with Gasteiger partial charge in [-0.3, -0.25) is 13.9 Å². The number of fused-ring (bicyclic) bond motifs is 1. The van der Waals surface area contributed by atoms with E-state index < -0.39 is 5.82 Å². The van der Waals surface area contributed by atoms with Gasteiger partial charge in [-0.25, -0.2) is 14.2 Å². The van der Waals surface area contributed by atoms with Crippen molar-refractivity contribution in [1.29, 1.82) is 0 Å². The lowest BCUT2D eigenvalue weighted by atomic mass is 10.1. The Hall–Kier alpha value is -3.74. The molecule has 0 spiro atoms. The molecule has 0 aliphatic carbocycles. The van der Waals surface area contributed by atoms with E-state index in [1.54, 1.807) is 21.4 Å². The van der Waals surface area contributed by atoms with Crippen molar-refractivity contribution in [2.24, 2.45) is 0 Å². The van der Waals surface area contributed by atoms with Gasteiger partial charge in [0.15, 0.2) is 5.65 Å². The molecule has 4 rings (SSSR count). The summed E-state index contributed by atoms with van der Waals surface area (Å²) in [6.45, 7) is 2.98. The van der Waals surface area contributed by atoms with Crippen LogP contribution in [-0.4, -0.2) is 26.6 Å². The monoisotopic (exact) mass is 404 g/mol. The Morgan fingerprint density at radius 2 is 1.87 bits per heavy atom. The third-order valence-corrected chi connectivity index (χ3v) is 4.92. The maximum absolute atomic E-state index is 13.1.